The molecule has 2 rings (SSSR count). The summed E-state index contributed by atoms with van der Waals surface area (Å²) < 4.78 is 1.73. The van der Waals surface area contributed by atoms with E-state index in [0.717, 1.165) is 17.8 Å². The summed E-state index contributed by atoms with van der Waals surface area (Å²) in [6, 6.07) is 1.94. The number of carbonyl (C=O) groups excluding carboxylic acids is 1. The van der Waals surface area contributed by atoms with Crippen LogP contribution in [0.25, 0.3) is 0 Å². The maximum Gasteiger partial charge on any atom is 0.181 e. The highest BCUT2D eigenvalue weighted by molar-refractivity contribution is 5.94. The minimum absolute atomic E-state index is 0.265. The Balaban J connectivity index is 2.04. The average molecular weight is 220 g/mol. The highest BCUT2D eigenvalue weighted by Gasteiger charge is 2.21. The van der Waals surface area contributed by atoms with Crippen molar-refractivity contribution in [3.63, 3.8) is 0 Å². The molecule has 1 saturated carbocycles. The molecule has 0 N–H and O–H groups in total. The van der Waals surface area contributed by atoms with E-state index in [0.29, 0.717) is 12.3 Å². The number of ketones is 1. The van der Waals surface area contributed by atoms with E-state index >= 15 is 0 Å². The summed E-state index contributed by atoms with van der Waals surface area (Å²) in [5, 5.41) is 4.32. The molecule has 1 aliphatic carbocycles. The van der Waals surface area contributed by atoms with Crippen LogP contribution in [0.5, 0.6) is 0 Å². The Morgan fingerprint density at radius 3 is 2.75 bits per heavy atom. The third-order valence-electron chi connectivity index (χ3n) is 3.53. The van der Waals surface area contributed by atoms with Gasteiger partial charge in [0.05, 0.1) is 5.69 Å². The van der Waals surface area contributed by atoms with Crippen molar-refractivity contribution in [1.82, 2.24) is 9.78 Å². The summed E-state index contributed by atoms with van der Waals surface area (Å²) in [7, 11) is 1.86. The summed E-state index contributed by atoms with van der Waals surface area (Å²) in [6.07, 6.45) is 6.65. The van der Waals surface area contributed by atoms with Gasteiger partial charge in [-0.25, -0.2) is 0 Å². The molecule has 1 aromatic rings. The second kappa shape index (κ2) is 4.81. The Morgan fingerprint density at radius 1 is 1.50 bits per heavy atom. The van der Waals surface area contributed by atoms with Crippen LogP contribution in [0.3, 0.4) is 0 Å². The lowest BCUT2D eigenvalue weighted by atomic mass is 9.99. The molecule has 88 valence electrons. The Labute approximate surface area is 96.8 Å². The first-order valence-corrected chi connectivity index (χ1v) is 6.26. The lowest BCUT2D eigenvalue weighted by Crippen LogP contribution is -2.10. The number of Topliss-reactive ketones (excluding diaryl/α,β-unsaturated/α-hetero) is 1. The first-order valence-electron chi connectivity index (χ1n) is 6.26. The second-order valence-electron chi connectivity index (χ2n) is 4.78. The van der Waals surface area contributed by atoms with Crippen LogP contribution in [0, 0.1) is 5.92 Å². The number of hydrogen-bond donors (Lipinski definition) is 0. The van der Waals surface area contributed by atoms with Crippen LogP contribution < -0.4 is 0 Å². The van der Waals surface area contributed by atoms with Gasteiger partial charge in [0.25, 0.3) is 0 Å². The molecular formula is C13H20N2O. The van der Waals surface area contributed by atoms with Gasteiger partial charge in [-0.2, -0.15) is 5.10 Å². The van der Waals surface area contributed by atoms with Gasteiger partial charge in [-0.3, -0.25) is 9.48 Å². The minimum Gasteiger partial charge on any atom is -0.292 e. The van der Waals surface area contributed by atoms with Gasteiger partial charge < -0.3 is 0 Å². The molecule has 1 aliphatic rings. The normalized spacial score (nSPS) is 16.9. The third-order valence-corrected chi connectivity index (χ3v) is 3.53. The Bertz CT molecular complexity index is 375. The van der Waals surface area contributed by atoms with E-state index in [4.69, 9.17) is 0 Å². The zero-order valence-electron chi connectivity index (χ0n) is 10.2. The molecule has 1 heterocycles. The molecule has 3 heteroatoms. The van der Waals surface area contributed by atoms with Gasteiger partial charge in [0.1, 0.15) is 5.69 Å². The minimum atomic E-state index is 0.265. The van der Waals surface area contributed by atoms with E-state index in [9.17, 15) is 4.79 Å². The number of hydrogen-bond acceptors (Lipinski definition) is 2. The largest absolute Gasteiger partial charge is 0.292 e. The topological polar surface area (TPSA) is 34.9 Å². The quantitative estimate of drug-likeness (QED) is 0.731. The number of nitrogens with zero attached hydrogens (tertiary/aromatic N) is 2. The van der Waals surface area contributed by atoms with Gasteiger partial charge in [-0.1, -0.05) is 32.6 Å². The molecular weight excluding hydrogens is 200 g/mol. The maximum atomic E-state index is 12.1. The SMILES string of the molecule is CCc1cc(C(=O)CC2CCCC2)n(C)n1. The molecule has 1 fully saturated rings. The molecule has 0 radical (unpaired) electrons. The van der Waals surface area contributed by atoms with E-state index in [1.807, 2.05) is 13.1 Å². The van der Waals surface area contributed by atoms with Crippen molar-refractivity contribution in [1.29, 1.82) is 0 Å². The number of aromatic nitrogens is 2. The molecule has 0 unspecified atom stereocenters. The van der Waals surface area contributed by atoms with E-state index in [-0.39, 0.29) is 5.78 Å². The fourth-order valence-corrected chi connectivity index (χ4v) is 2.54. The van der Waals surface area contributed by atoms with Crippen LogP contribution in [0.4, 0.5) is 0 Å². The van der Waals surface area contributed by atoms with Gasteiger partial charge in [0.15, 0.2) is 5.78 Å². The first-order chi connectivity index (χ1) is 7.70. The van der Waals surface area contributed by atoms with Gasteiger partial charge >= 0.3 is 0 Å². The fraction of sp³-hybridized carbons (Fsp3) is 0.692. The number of rotatable bonds is 4. The highest BCUT2D eigenvalue weighted by Crippen LogP contribution is 2.28. The lowest BCUT2D eigenvalue weighted by Gasteiger charge is -2.07. The summed E-state index contributed by atoms with van der Waals surface area (Å²) in [4.78, 5) is 12.1. The number of carbonyl (C=O) groups is 1. The standard InChI is InChI=1S/C13H20N2O/c1-3-11-9-12(15(2)14-11)13(16)8-10-6-4-5-7-10/h9-10H,3-8H2,1-2H3. The zero-order chi connectivity index (χ0) is 11.5. The van der Waals surface area contributed by atoms with Crippen LogP contribution in [0.2, 0.25) is 0 Å². The van der Waals surface area contributed by atoms with E-state index in [1.165, 1.54) is 25.7 Å². The molecule has 0 aromatic carbocycles. The fourth-order valence-electron chi connectivity index (χ4n) is 2.54. The van der Waals surface area contributed by atoms with Crippen LogP contribution in [-0.2, 0) is 13.5 Å². The van der Waals surface area contributed by atoms with Crippen molar-refractivity contribution in [3.05, 3.63) is 17.5 Å². The molecule has 0 amide bonds. The van der Waals surface area contributed by atoms with E-state index < -0.39 is 0 Å². The smallest absolute Gasteiger partial charge is 0.181 e. The summed E-state index contributed by atoms with van der Waals surface area (Å²) >= 11 is 0. The van der Waals surface area contributed by atoms with Crippen molar-refractivity contribution in [2.75, 3.05) is 0 Å². The Hall–Kier alpha value is -1.12. The predicted molar refractivity (Wildman–Crippen MR) is 63.5 cm³/mol. The number of aryl methyl sites for hydroxylation is 2. The van der Waals surface area contributed by atoms with Crippen LogP contribution >= 0.6 is 0 Å². The van der Waals surface area contributed by atoms with Crippen molar-refractivity contribution in [2.45, 2.75) is 45.4 Å². The van der Waals surface area contributed by atoms with Crippen LogP contribution in [0.1, 0.15) is 55.2 Å². The Morgan fingerprint density at radius 2 is 2.19 bits per heavy atom. The van der Waals surface area contributed by atoms with Gasteiger partial charge in [-0.15, -0.1) is 0 Å². The Kier molecular flexibility index (Phi) is 3.42. The molecule has 0 bridgehead atoms. The summed E-state index contributed by atoms with van der Waals surface area (Å²) in [5.74, 6) is 0.883. The van der Waals surface area contributed by atoms with Crippen molar-refractivity contribution in [3.8, 4) is 0 Å². The molecule has 0 aliphatic heterocycles. The molecule has 0 atom stereocenters. The summed E-state index contributed by atoms with van der Waals surface area (Å²) in [6.45, 7) is 2.06. The molecule has 0 spiro atoms. The highest BCUT2D eigenvalue weighted by atomic mass is 16.1. The monoisotopic (exact) mass is 220 g/mol. The molecule has 1 aromatic heterocycles. The van der Waals surface area contributed by atoms with Crippen molar-refractivity contribution < 1.29 is 4.79 Å². The predicted octanol–water partition coefficient (Wildman–Crippen LogP) is 2.75. The van der Waals surface area contributed by atoms with Gasteiger partial charge in [-0.05, 0) is 18.4 Å². The second-order valence-corrected chi connectivity index (χ2v) is 4.78. The molecule has 3 nitrogen and oxygen atoms in total. The molecule has 16 heavy (non-hydrogen) atoms. The zero-order valence-corrected chi connectivity index (χ0v) is 10.2. The summed E-state index contributed by atoms with van der Waals surface area (Å²) in [5.41, 5.74) is 1.79. The van der Waals surface area contributed by atoms with Crippen LogP contribution in [0.15, 0.2) is 6.07 Å². The van der Waals surface area contributed by atoms with Gasteiger partial charge in [0.2, 0.25) is 0 Å². The molecule has 0 saturated heterocycles. The average Bonchev–Trinajstić information content (AvgIpc) is 2.87. The lowest BCUT2D eigenvalue weighted by molar-refractivity contribution is 0.0953. The third kappa shape index (κ3) is 2.34. The first kappa shape index (κ1) is 11.4. The van der Waals surface area contributed by atoms with Crippen LogP contribution in [-0.4, -0.2) is 15.6 Å². The maximum absolute atomic E-state index is 12.1. The van der Waals surface area contributed by atoms with Gasteiger partial charge in [0, 0.05) is 13.5 Å². The van der Waals surface area contributed by atoms with E-state index in [1.54, 1.807) is 4.68 Å². The van der Waals surface area contributed by atoms with E-state index in [2.05, 4.69) is 12.0 Å². The van der Waals surface area contributed by atoms with Crippen molar-refractivity contribution >= 4 is 5.78 Å². The van der Waals surface area contributed by atoms with Crippen molar-refractivity contribution in [2.24, 2.45) is 13.0 Å².